The number of methoxy groups -OCH3 is 2. The SMILES string of the molecule is COCc1cc(=O)[nH]c(-c2c(Cl)cccc2OC)n1. The molecule has 0 aliphatic carbocycles. The van der Waals surface area contributed by atoms with E-state index in [1.807, 2.05) is 0 Å². The maximum atomic E-state index is 11.6. The van der Waals surface area contributed by atoms with E-state index in [9.17, 15) is 4.79 Å². The highest BCUT2D eigenvalue weighted by Gasteiger charge is 2.13. The number of hydrogen-bond donors (Lipinski definition) is 1. The van der Waals surface area contributed by atoms with Crippen molar-refractivity contribution in [2.24, 2.45) is 0 Å². The van der Waals surface area contributed by atoms with Gasteiger partial charge >= 0.3 is 0 Å². The van der Waals surface area contributed by atoms with Crippen molar-refractivity contribution >= 4 is 11.6 Å². The summed E-state index contributed by atoms with van der Waals surface area (Å²) in [5.41, 5.74) is 0.823. The van der Waals surface area contributed by atoms with Crippen LogP contribution in [0.5, 0.6) is 5.75 Å². The highest BCUT2D eigenvalue weighted by atomic mass is 35.5. The van der Waals surface area contributed by atoms with Crippen molar-refractivity contribution in [3.63, 3.8) is 0 Å². The Kier molecular flexibility index (Phi) is 4.19. The molecule has 1 aromatic heterocycles. The minimum atomic E-state index is -0.265. The largest absolute Gasteiger partial charge is 0.496 e. The van der Waals surface area contributed by atoms with Crippen molar-refractivity contribution in [1.29, 1.82) is 0 Å². The van der Waals surface area contributed by atoms with Crippen molar-refractivity contribution in [2.75, 3.05) is 14.2 Å². The van der Waals surface area contributed by atoms with Crippen LogP contribution in [0.25, 0.3) is 11.4 Å². The van der Waals surface area contributed by atoms with Crippen LogP contribution in [0.3, 0.4) is 0 Å². The number of nitrogens with zero attached hydrogens (tertiary/aromatic N) is 1. The third-order valence-electron chi connectivity index (χ3n) is 2.52. The van der Waals surface area contributed by atoms with Gasteiger partial charge in [0.25, 0.3) is 5.56 Å². The average Bonchev–Trinajstić information content (AvgIpc) is 2.38. The summed E-state index contributed by atoms with van der Waals surface area (Å²) in [5, 5.41) is 0.456. The molecular weight excluding hydrogens is 268 g/mol. The van der Waals surface area contributed by atoms with Crippen LogP contribution in [0, 0.1) is 0 Å². The summed E-state index contributed by atoms with van der Waals surface area (Å²) >= 11 is 6.15. The Balaban J connectivity index is 2.61. The fraction of sp³-hybridized carbons (Fsp3) is 0.231. The molecule has 0 atom stereocenters. The third-order valence-corrected chi connectivity index (χ3v) is 2.83. The highest BCUT2D eigenvalue weighted by Crippen LogP contribution is 2.33. The lowest BCUT2D eigenvalue weighted by molar-refractivity contribution is 0.181. The van der Waals surface area contributed by atoms with Gasteiger partial charge in [0.05, 0.1) is 30.0 Å². The second kappa shape index (κ2) is 5.86. The number of benzene rings is 1. The van der Waals surface area contributed by atoms with Gasteiger partial charge in [-0.15, -0.1) is 0 Å². The lowest BCUT2D eigenvalue weighted by Crippen LogP contribution is -2.11. The van der Waals surface area contributed by atoms with Gasteiger partial charge in [-0.25, -0.2) is 4.98 Å². The Morgan fingerprint density at radius 3 is 2.84 bits per heavy atom. The van der Waals surface area contributed by atoms with Crippen molar-refractivity contribution in [2.45, 2.75) is 6.61 Å². The quantitative estimate of drug-likeness (QED) is 0.933. The summed E-state index contributed by atoms with van der Waals surface area (Å²) in [7, 11) is 3.07. The summed E-state index contributed by atoms with van der Waals surface area (Å²) in [6.07, 6.45) is 0. The number of aromatic amines is 1. The normalized spacial score (nSPS) is 10.5. The first-order valence-electron chi connectivity index (χ1n) is 5.57. The number of halogens is 1. The topological polar surface area (TPSA) is 64.2 Å². The van der Waals surface area contributed by atoms with E-state index in [1.165, 1.54) is 13.2 Å². The smallest absolute Gasteiger partial charge is 0.251 e. The van der Waals surface area contributed by atoms with Crippen LogP contribution < -0.4 is 10.3 Å². The van der Waals surface area contributed by atoms with Crippen molar-refractivity contribution in [3.8, 4) is 17.1 Å². The van der Waals surface area contributed by atoms with E-state index in [4.69, 9.17) is 21.1 Å². The number of rotatable bonds is 4. The summed E-state index contributed by atoms with van der Waals surface area (Å²) < 4.78 is 10.2. The van der Waals surface area contributed by atoms with Gasteiger partial charge in [-0.05, 0) is 12.1 Å². The summed E-state index contributed by atoms with van der Waals surface area (Å²) in [6.45, 7) is 0.254. The molecule has 2 aromatic rings. The molecule has 0 aliphatic heterocycles. The molecule has 6 heteroatoms. The molecule has 1 aromatic carbocycles. The van der Waals surface area contributed by atoms with E-state index >= 15 is 0 Å². The number of hydrogen-bond acceptors (Lipinski definition) is 4. The Morgan fingerprint density at radius 2 is 2.16 bits per heavy atom. The molecular formula is C13H13ClN2O3. The van der Waals surface area contributed by atoms with E-state index in [0.29, 0.717) is 27.9 Å². The minimum Gasteiger partial charge on any atom is -0.496 e. The van der Waals surface area contributed by atoms with E-state index in [-0.39, 0.29) is 12.2 Å². The number of H-pyrrole nitrogens is 1. The second-order valence-corrected chi connectivity index (χ2v) is 4.24. The zero-order valence-electron chi connectivity index (χ0n) is 10.6. The van der Waals surface area contributed by atoms with Gasteiger partial charge in [-0.2, -0.15) is 0 Å². The van der Waals surface area contributed by atoms with Crippen molar-refractivity contribution < 1.29 is 9.47 Å². The van der Waals surface area contributed by atoms with Crippen LogP contribution in [0.15, 0.2) is 29.1 Å². The first kappa shape index (κ1) is 13.6. The molecule has 1 heterocycles. The standard InChI is InChI=1S/C13H13ClN2O3/c1-18-7-8-6-11(17)16-13(15-8)12-9(14)4-3-5-10(12)19-2/h3-6H,7H2,1-2H3,(H,15,16,17). The fourth-order valence-electron chi connectivity index (χ4n) is 1.75. The fourth-order valence-corrected chi connectivity index (χ4v) is 2.01. The minimum absolute atomic E-state index is 0.254. The molecule has 0 fully saturated rings. The molecule has 0 amide bonds. The van der Waals surface area contributed by atoms with Crippen molar-refractivity contribution in [1.82, 2.24) is 9.97 Å². The summed E-state index contributed by atoms with van der Waals surface area (Å²) in [5.74, 6) is 0.909. The molecule has 0 radical (unpaired) electrons. The molecule has 0 spiro atoms. The lowest BCUT2D eigenvalue weighted by Gasteiger charge is -2.10. The first-order chi connectivity index (χ1) is 9.15. The number of aromatic nitrogens is 2. The third kappa shape index (κ3) is 2.94. The summed E-state index contributed by atoms with van der Waals surface area (Å²) in [6, 6.07) is 6.62. The second-order valence-electron chi connectivity index (χ2n) is 3.84. The molecule has 1 N–H and O–H groups in total. The Bertz CT molecular complexity index is 640. The van der Waals surface area contributed by atoms with Crippen LogP contribution in [-0.2, 0) is 11.3 Å². The molecule has 0 bridgehead atoms. The van der Waals surface area contributed by atoms with E-state index < -0.39 is 0 Å². The molecule has 19 heavy (non-hydrogen) atoms. The van der Waals surface area contributed by atoms with Gasteiger partial charge in [0, 0.05) is 13.2 Å². The summed E-state index contributed by atoms with van der Waals surface area (Å²) in [4.78, 5) is 18.6. The maximum absolute atomic E-state index is 11.6. The molecule has 0 saturated heterocycles. The van der Waals surface area contributed by atoms with E-state index in [2.05, 4.69) is 9.97 Å². The van der Waals surface area contributed by atoms with Crippen LogP contribution in [0.2, 0.25) is 5.02 Å². The van der Waals surface area contributed by atoms with Gasteiger partial charge in [0.2, 0.25) is 0 Å². The Morgan fingerprint density at radius 1 is 1.37 bits per heavy atom. The molecule has 100 valence electrons. The van der Waals surface area contributed by atoms with Gasteiger partial charge in [-0.3, -0.25) is 4.79 Å². The van der Waals surface area contributed by atoms with Gasteiger partial charge in [-0.1, -0.05) is 17.7 Å². The van der Waals surface area contributed by atoms with Crippen molar-refractivity contribution in [3.05, 3.63) is 45.3 Å². The van der Waals surface area contributed by atoms with Crippen LogP contribution >= 0.6 is 11.6 Å². The molecule has 0 unspecified atom stereocenters. The molecule has 0 saturated carbocycles. The highest BCUT2D eigenvalue weighted by molar-refractivity contribution is 6.33. The Hall–Kier alpha value is -1.85. The monoisotopic (exact) mass is 280 g/mol. The molecule has 0 aliphatic rings. The van der Waals surface area contributed by atoms with E-state index in [0.717, 1.165) is 0 Å². The lowest BCUT2D eigenvalue weighted by atomic mass is 10.2. The molecule has 2 rings (SSSR count). The van der Waals surface area contributed by atoms with Crippen LogP contribution in [-0.4, -0.2) is 24.2 Å². The van der Waals surface area contributed by atoms with Gasteiger partial charge < -0.3 is 14.5 Å². The van der Waals surface area contributed by atoms with E-state index in [1.54, 1.807) is 25.3 Å². The van der Waals surface area contributed by atoms with Crippen LogP contribution in [0.1, 0.15) is 5.69 Å². The van der Waals surface area contributed by atoms with Crippen LogP contribution in [0.4, 0.5) is 0 Å². The van der Waals surface area contributed by atoms with Gasteiger partial charge in [0.1, 0.15) is 11.6 Å². The predicted octanol–water partition coefficient (Wildman–Crippen LogP) is 2.25. The number of nitrogens with one attached hydrogen (secondary N) is 1. The van der Waals surface area contributed by atoms with Gasteiger partial charge in [0.15, 0.2) is 0 Å². The zero-order chi connectivity index (χ0) is 13.8. The maximum Gasteiger partial charge on any atom is 0.251 e. The molecule has 5 nitrogen and oxygen atoms in total. The Labute approximate surface area is 115 Å². The predicted molar refractivity (Wildman–Crippen MR) is 72.6 cm³/mol. The zero-order valence-corrected chi connectivity index (χ0v) is 11.3. The average molecular weight is 281 g/mol. The number of ether oxygens (including phenoxy) is 2. The first-order valence-corrected chi connectivity index (χ1v) is 5.95.